The van der Waals surface area contributed by atoms with Crippen LogP contribution in [-0.2, 0) is 0 Å². The van der Waals surface area contributed by atoms with E-state index in [2.05, 4.69) is 41.1 Å². The van der Waals surface area contributed by atoms with E-state index in [0.29, 0.717) is 5.56 Å². The fraction of sp³-hybridized carbons (Fsp3) is 0.0385. The second kappa shape index (κ2) is 7.28. The first-order chi connectivity index (χ1) is 14.3. The molecule has 140 valence electrons. The van der Waals surface area contributed by atoms with E-state index in [1.54, 1.807) is 0 Å². The number of hydrogen-bond acceptors (Lipinski definition) is 1. The van der Waals surface area contributed by atoms with Crippen molar-refractivity contribution in [3.63, 3.8) is 0 Å². The third kappa shape index (κ3) is 3.07. The van der Waals surface area contributed by atoms with Crippen LogP contribution < -0.4 is 0 Å². The van der Waals surface area contributed by atoms with Crippen LogP contribution in [0.4, 0.5) is 0 Å². The summed E-state index contributed by atoms with van der Waals surface area (Å²) in [7, 11) is 0. The molecule has 0 saturated heterocycles. The van der Waals surface area contributed by atoms with Crippen LogP contribution >= 0.6 is 0 Å². The normalized spacial score (nSPS) is 15.2. The number of nitrogens with zero attached hydrogens (tertiary/aromatic N) is 2. The van der Waals surface area contributed by atoms with Crippen LogP contribution in [0, 0.1) is 0 Å². The lowest BCUT2D eigenvalue weighted by atomic mass is 9.93. The minimum absolute atomic E-state index is 0.0119. The molecule has 3 heteroatoms. The van der Waals surface area contributed by atoms with E-state index in [-0.39, 0.29) is 11.9 Å². The number of para-hydroxylation sites is 1. The molecule has 1 aliphatic heterocycles. The molecule has 0 fully saturated rings. The Bertz CT molecular complexity index is 1180. The first-order valence-electron chi connectivity index (χ1n) is 9.70. The first kappa shape index (κ1) is 17.3. The highest BCUT2D eigenvalue weighted by molar-refractivity contribution is 5.96. The van der Waals surface area contributed by atoms with Crippen LogP contribution in [0.2, 0.25) is 0 Å². The van der Waals surface area contributed by atoms with Gasteiger partial charge in [0.2, 0.25) is 0 Å². The zero-order chi connectivity index (χ0) is 19.6. The highest BCUT2D eigenvalue weighted by Gasteiger charge is 2.31. The maximum absolute atomic E-state index is 13.4. The van der Waals surface area contributed by atoms with Gasteiger partial charge in [0.05, 0.1) is 5.69 Å². The molecule has 3 aromatic carbocycles. The van der Waals surface area contributed by atoms with E-state index < -0.39 is 0 Å². The van der Waals surface area contributed by atoms with Gasteiger partial charge < -0.3 is 9.47 Å². The van der Waals surface area contributed by atoms with E-state index in [1.165, 1.54) is 0 Å². The third-order valence-electron chi connectivity index (χ3n) is 5.33. The molecule has 0 spiro atoms. The average molecular weight is 376 g/mol. The molecule has 29 heavy (non-hydrogen) atoms. The summed E-state index contributed by atoms with van der Waals surface area (Å²) in [5, 5.41) is 0. The Labute approximate surface area is 170 Å². The van der Waals surface area contributed by atoms with E-state index in [9.17, 15) is 4.79 Å². The van der Waals surface area contributed by atoms with Crippen molar-refractivity contribution in [2.24, 2.45) is 0 Å². The number of benzene rings is 3. The molecule has 1 aromatic heterocycles. The van der Waals surface area contributed by atoms with Crippen molar-refractivity contribution < 1.29 is 4.79 Å². The van der Waals surface area contributed by atoms with Gasteiger partial charge in [-0.15, -0.1) is 0 Å². The van der Waals surface area contributed by atoms with Gasteiger partial charge in [-0.3, -0.25) is 4.79 Å². The lowest BCUT2D eigenvalue weighted by molar-refractivity contribution is 0.0784. The molecule has 2 heterocycles. The third-order valence-corrected chi connectivity index (χ3v) is 5.33. The van der Waals surface area contributed by atoms with Gasteiger partial charge in [-0.05, 0) is 53.6 Å². The largest absolute Gasteiger partial charge is 0.318 e. The van der Waals surface area contributed by atoms with E-state index in [0.717, 1.165) is 22.5 Å². The average Bonchev–Trinajstić information content (AvgIpc) is 3.28. The first-order valence-corrected chi connectivity index (χ1v) is 9.70. The Kier molecular flexibility index (Phi) is 4.34. The Morgan fingerprint density at radius 2 is 1.41 bits per heavy atom. The molecule has 4 aromatic rings. The molecule has 3 nitrogen and oxygen atoms in total. The molecule has 0 radical (unpaired) electrons. The summed E-state index contributed by atoms with van der Waals surface area (Å²) in [5.41, 5.74) is 5.06. The number of carbonyl (C=O) groups excluding carboxylic acids is 1. The van der Waals surface area contributed by atoms with Crippen LogP contribution in [-0.4, -0.2) is 15.4 Å². The Balaban J connectivity index is 1.66. The van der Waals surface area contributed by atoms with Crippen molar-refractivity contribution in [3.05, 3.63) is 132 Å². The zero-order valence-electron chi connectivity index (χ0n) is 15.8. The van der Waals surface area contributed by atoms with Gasteiger partial charge in [-0.1, -0.05) is 60.7 Å². The zero-order valence-corrected chi connectivity index (χ0v) is 15.8. The molecule has 0 saturated carbocycles. The molecule has 1 unspecified atom stereocenters. The number of fused-ring (bicyclic) bond motifs is 1. The van der Waals surface area contributed by atoms with Crippen LogP contribution in [0.1, 0.15) is 33.2 Å². The summed E-state index contributed by atoms with van der Waals surface area (Å²) in [5.74, 6) is -0.0119. The summed E-state index contributed by atoms with van der Waals surface area (Å²) in [4.78, 5) is 15.3. The molecule has 1 aliphatic rings. The number of carbonyl (C=O) groups is 1. The second-order valence-electron chi connectivity index (χ2n) is 7.06. The fourth-order valence-electron chi connectivity index (χ4n) is 3.97. The van der Waals surface area contributed by atoms with Crippen molar-refractivity contribution in [3.8, 4) is 5.69 Å². The maximum atomic E-state index is 13.4. The SMILES string of the molecule is O=C(c1ccccc1)N1C=Cc2ccccc2C1c1cccn1-c1ccccc1. The standard InChI is InChI=1S/C26H20N2O/c29-26(21-11-3-1-4-12-21)28-19-17-20-10-7-8-15-23(20)25(28)24-16-9-18-27(24)22-13-5-2-6-14-22/h1-19,25H. The fourth-order valence-corrected chi connectivity index (χ4v) is 3.97. The summed E-state index contributed by atoms with van der Waals surface area (Å²) in [6.45, 7) is 0. The van der Waals surface area contributed by atoms with Gasteiger partial charge in [-0.2, -0.15) is 0 Å². The molecular weight excluding hydrogens is 356 g/mol. The lowest BCUT2D eigenvalue weighted by Gasteiger charge is -2.34. The smallest absolute Gasteiger partial charge is 0.258 e. The molecular formula is C26H20N2O. The summed E-state index contributed by atoms with van der Waals surface area (Å²) in [6.07, 6.45) is 5.98. The number of amides is 1. The van der Waals surface area contributed by atoms with Crippen molar-refractivity contribution in [2.75, 3.05) is 0 Å². The van der Waals surface area contributed by atoms with E-state index >= 15 is 0 Å². The van der Waals surface area contributed by atoms with Gasteiger partial charge in [0.15, 0.2) is 0 Å². The van der Waals surface area contributed by atoms with Crippen LogP contribution in [0.25, 0.3) is 11.8 Å². The monoisotopic (exact) mass is 376 g/mol. The van der Waals surface area contributed by atoms with E-state index in [1.807, 2.05) is 83.9 Å². The summed E-state index contributed by atoms with van der Waals surface area (Å²) >= 11 is 0. The molecule has 5 rings (SSSR count). The molecule has 0 aliphatic carbocycles. The molecule has 1 amide bonds. The Morgan fingerprint density at radius 1 is 0.724 bits per heavy atom. The Hall–Kier alpha value is -3.85. The summed E-state index contributed by atoms with van der Waals surface area (Å²) in [6, 6.07) is 31.9. The van der Waals surface area contributed by atoms with Gasteiger partial charge >= 0.3 is 0 Å². The molecule has 0 bridgehead atoms. The quantitative estimate of drug-likeness (QED) is 0.451. The molecule has 1 atom stereocenters. The van der Waals surface area contributed by atoms with Gasteiger partial charge in [0.25, 0.3) is 5.91 Å². The highest BCUT2D eigenvalue weighted by atomic mass is 16.2. The lowest BCUT2D eigenvalue weighted by Crippen LogP contribution is -2.34. The van der Waals surface area contributed by atoms with Gasteiger partial charge in [0, 0.05) is 23.6 Å². The van der Waals surface area contributed by atoms with Gasteiger partial charge in [0.1, 0.15) is 6.04 Å². The van der Waals surface area contributed by atoms with Crippen molar-refractivity contribution in [1.82, 2.24) is 9.47 Å². The minimum Gasteiger partial charge on any atom is -0.318 e. The van der Waals surface area contributed by atoms with Crippen LogP contribution in [0.5, 0.6) is 0 Å². The topological polar surface area (TPSA) is 25.2 Å². The predicted molar refractivity (Wildman–Crippen MR) is 116 cm³/mol. The van der Waals surface area contributed by atoms with Crippen LogP contribution in [0.15, 0.2) is 109 Å². The predicted octanol–water partition coefficient (Wildman–Crippen LogP) is 5.69. The van der Waals surface area contributed by atoms with Crippen LogP contribution in [0.3, 0.4) is 0 Å². The number of hydrogen-bond donors (Lipinski definition) is 0. The second-order valence-corrected chi connectivity index (χ2v) is 7.06. The molecule has 0 N–H and O–H groups in total. The number of aromatic nitrogens is 1. The maximum Gasteiger partial charge on any atom is 0.258 e. The summed E-state index contributed by atoms with van der Waals surface area (Å²) < 4.78 is 2.16. The Morgan fingerprint density at radius 3 is 2.21 bits per heavy atom. The van der Waals surface area contributed by atoms with Gasteiger partial charge in [-0.25, -0.2) is 0 Å². The van der Waals surface area contributed by atoms with Crippen molar-refractivity contribution in [1.29, 1.82) is 0 Å². The van der Waals surface area contributed by atoms with Crippen molar-refractivity contribution >= 4 is 12.0 Å². The highest BCUT2D eigenvalue weighted by Crippen LogP contribution is 2.37. The minimum atomic E-state index is -0.209. The number of rotatable bonds is 3. The van der Waals surface area contributed by atoms with E-state index in [4.69, 9.17) is 0 Å². The van der Waals surface area contributed by atoms with Crippen molar-refractivity contribution in [2.45, 2.75) is 6.04 Å².